The SMILES string of the molecule is CC(CN(C)C(=O)CNC(=O)NCc1ccc([N+](=O)[O-])cc1)C(=O)O. The minimum absolute atomic E-state index is 0.0419. The number of hydrogen-bond acceptors (Lipinski definition) is 5. The van der Waals surface area contributed by atoms with Crippen molar-refractivity contribution >= 4 is 23.6 Å². The first-order valence-corrected chi connectivity index (χ1v) is 7.42. The molecule has 0 radical (unpaired) electrons. The van der Waals surface area contributed by atoms with Crippen molar-refractivity contribution in [2.45, 2.75) is 13.5 Å². The number of aliphatic carboxylic acids is 1. The van der Waals surface area contributed by atoms with Gasteiger partial charge in [-0.1, -0.05) is 19.1 Å². The molecule has 0 aliphatic carbocycles. The zero-order valence-electron chi connectivity index (χ0n) is 13.9. The fraction of sp³-hybridized carbons (Fsp3) is 0.400. The lowest BCUT2D eigenvalue weighted by Gasteiger charge is -2.19. The molecular weight excluding hydrogens is 332 g/mol. The van der Waals surface area contributed by atoms with Crippen LogP contribution in [-0.4, -0.2) is 53.0 Å². The number of carboxylic acids is 1. The van der Waals surface area contributed by atoms with Crippen LogP contribution in [0.2, 0.25) is 0 Å². The van der Waals surface area contributed by atoms with Crippen molar-refractivity contribution in [2.75, 3.05) is 20.1 Å². The summed E-state index contributed by atoms with van der Waals surface area (Å²) in [6.07, 6.45) is 0. The van der Waals surface area contributed by atoms with Gasteiger partial charge in [-0.2, -0.15) is 0 Å². The number of urea groups is 1. The molecule has 0 saturated carbocycles. The number of likely N-dealkylation sites (N-methyl/N-ethyl adjacent to an activating group) is 1. The maximum Gasteiger partial charge on any atom is 0.315 e. The lowest BCUT2D eigenvalue weighted by Crippen LogP contribution is -2.43. The van der Waals surface area contributed by atoms with Gasteiger partial charge in [0.1, 0.15) is 0 Å². The van der Waals surface area contributed by atoms with Crippen LogP contribution >= 0.6 is 0 Å². The summed E-state index contributed by atoms with van der Waals surface area (Å²) in [5.74, 6) is -2.13. The van der Waals surface area contributed by atoms with Gasteiger partial charge in [-0.15, -0.1) is 0 Å². The number of nitrogens with one attached hydrogen (secondary N) is 2. The summed E-state index contributed by atoms with van der Waals surface area (Å²) in [4.78, 5) is 45.5. The molecule has 1 atom stereocenters. The first kappa shape index (κ1) is 19.9. The fourth-order valence-corrected chi connectivity index (χ4v) is 1.86. The highest BCUT2D eigenvalue weighted by Crippen LogP contribution is 2.11. The third kappa shape index (κ3) is 6.85. The maximum absolute atomic E-state index is 11.8. The highest BCUT2D eigenvalue weighted by atomic mass is 16.6. The number of carboxylic acid groups (broad SMARTS) is 1. The standard InChI is InChI=1S/C15H20N4O6/c1-10(14(21)22)9-18(2)13(20)8-17-15(23)16-7-11-3-5-12(6-4-11)19(24)25/h3-6,10H,7-9H2,1-2H3,(H,21,22)(H2,16,17,23). The molecule has 25 heavy (non-hydrogen) atoms. The van der Waals surface area contributed by atoms with Crippen molar-refractivity contribution in [1.29, 1.82) is 0 Å². The van der Waals surface area contributed by atoms with Crippen molar-refractivity contribution in [3.8, 4) is 0 Å². The topological polar surface area (TPSA) is 142 Å². The Morgan fingerprint density at radius 1 is 1.24 bits per heavy atom. The van der Waals surface area contributed by atoms with Gasteiger partial charge in [0.05, 0.1) is 17.4 Å². The zero-order valence-corrected chi connectivity index (χ0v) is 13.9. The van der Waals surface area contributed by atoms with Gasteiger partial charge in [-0.3, -0.25) is 19.7 Å². The molecule has 136 valence electrons. The number of carbonyl (C=O) groups excluding carboxylic acids is 2. The summed E-state index contributed by atoms with van der Waals surface area (Å²) in [5, 5.41) is 24.2. The second-order valence-electron chi connectivity index (χ2n) is 5.47. The Morgan fingerprint density at radius 3 is 2.36 bits per heavy atom. The van der Waals surface area contributed by atoms with Gasteiger partial charge in [-0.05, 0) is 5.56 Å². The minimum atomic E-state index is -1.01. The molecule has 1 aromatic rings. The van der Waals surface area contributed by atoms with Gasteiger partial charge in [0.15, 0.2) is 0 Å². The lowest BCUT2D eigenvalue weighted by molar-refractivity contribution is -0.384. The largest absolute Gasteiger partial charge is 0.481 e. The van der Waals surface area contributed by atoms with E-state index in [0.29, 0.717) is 5.56 Å². The smallest absolute Gasteiger partial charge is 0.315 e. The Labute approximate surface area is 144 Å². The predicted molar refractivity (Wildman–Crippen MR) is 87.8 cm³/mol. The highest BCUT2D eigenvalue weighted by molar-refractivity contribution is 5.84. The van der Waals surface area contributed by atoms with Gasteiger partial charge in [0, 0.05) is 32.3 Å². The van der Waals surface area contributed by atoms with Crippen LogP contribution < -0.4 is 10.6 Å². The number of nitro groups is 1. The zero-order chi connectivity index (χ0) is 19.0. The van der Waals surface area contributed by atoms with E-state index in [2.05, 4.69) is 10.6 Å². The Hall–Kier alpha value is -3.17. The number of non-ortho nitro benzene ring substituents is 1. The normalized spacial score (nSPS) is 11.3. The van der Waals surface area contributed by atoms with E-state index in [9.17, 15) is 24.5 Å². The van der Waals surface area contributed by atoms with Crippen molar-refractivity contribution < 1.29 is 24.4 Å². The van der Waals surface area contributed by atoms with E-state index in [1.165, 1.54) is 43.1 Å². The van der Waals surface area contributed by atoms with Crippen LogP contribution in [0, 0.1) is 16.0 Å². The van der Waals surface area contributed by atoms with Crippen molar-refractivity contribution in [3.63, 3.8) is 0 Å². The first-order valence-electron chi connectivity index (χ1n) is 7.42. The lowest BCUT2D eigenvalue weighted by atomic mass is 10.2. The van der Waals surface area contributed by atoms with E-state index in [4.69, 9.17) is 5.11 Å². The molecule has 0 spiro atoms. The molecular formula is C15H20N4O6. The Morgan fingerprint density at radius 2 is 1.84 bits per heavy atom. The molecule has 0 bridgehead atoms. The maximum atomic E-state index is 11.8. The third-order valence-corrected chi connectivity index (χ3v) is 3.40. The van der Waals surface area contributed by atoms with Gasteiger partial charge in [-0.25, -0.2) is 4.79 Å². The monoisotopic (exact) mass is 352 g/mol. The molecule has 0 aliphatic heterocycles. The molecule has 0 aliphatic rings. The molecule has 0 fully saturated rings. The fourth-order valence-electron chi connectivity index (χ4n) is 1.86. The molecule has 1 rings (SSSR count). The third-order valence-electron chi connectivity index (χ3n) is 3.40. The molecule has 1 unspecified atom stereocenters. The number of benzene rings is 1. The first-order chi connectivity index (χ1) is 11.7. The Bertz CT molecular complexity index is 646. The van der Waals surface area contributed by atoms with Crippen molar-refractivity contribution in [3.05, 3.63) is 39.9 Å². The Kier molecular flexibility index (Phi) is 7.32. The number of nitro benzene ring substituents is 1. The molecule has 3 N–H and O–H groups in total. The number of carbonyl (C=O) groups is 3. The van der Waals surface area contributed by atoms with Crippen LogP contribution in [0.4, 0.5) is 10.5 Å². The average molecular weight is 352 g/mol. The number of amides is 3. The summed E-state index contributed by atoms with van der Waals surface area (Å²) in [6, 6.07) is 5.12. The van der Waals surface area contributed by atoms with Crippen LogP contribution in [0.25, 0.3) is 0 Å². The van der Waals surface area contributed by atoms with E-state index in [1.807, 2.05) is 0 Å². The van der Waals surface area contributed by atoms with E-state index < -0.39 is 28.7 Å². The second-order valence-corrected chi connectivity index (χ2v) is 5.47. The minimum Gasteiger partial charge on any atom is -0.481 e. The summed E-state index contributed by atoms with van der Waals surface area (Å²) >= 11 is 0. The molecule has 0 aromatic heterocycles. The average Bonchev–Trinajstić information content (AvgIpc) is 2.57. The quantitative estimate of drug-likeness (QED) is 0.461. The van der Waals surface area contributed by atoms with E-state index in [1.54, 1.807) is 0 Å². The molecule has 0 saturated heterocycles. The van der Waals surface area contributed by atoms with Crippen LogP contribution in [-0.2, 0) is 16.1 Å². The van der Waals surface area contributed by atoms with Gasteiger partial charge in [0.25, 0.3) is 5.69 Å². The van der Waals surface area contributed by atoms with Crippen molar-refractivity contribution in [1.82, 2.24) is 15.5 Å². The molecule has 1 aromatic carbocycles. The van der Waals surface area contributed by atoms with Crippen molar-refractivity contribution in [2.24, 2.45) is 5.92 Å². The van der Waals surface area contributed by atoms with E-state index in [0.717, 1.165) is 0 Å². The summed E-state index contributed by atoms with van der Waals surface area (Å²) in [5.41, 5.74) is 0.622. The van der Waals surface area contributed by atoms with E-state index >= 15 is 0 Å². The molecule has 3 amide bonds. The van der Waals surface area contributed by atoms with Crippen LogP contribution in [0.5, 0.6) is 0 Å². The summed E-state index contributed by atoms with van der Waals surface area (Å²) < 4.78 is 0. The van der Waals surface area contributed by atoms with Crippen LogP contribution in [0.1, 0.15) is 12.5 Å². The number of hydrogen-bond donors (Lipinski definition) is 3. The van der Waals surface area contributed by atoms with Crippen LogP contribution in [0.3, 0.4) is 0 Å². The van der Waals surface area contributed by atoms with Gasteiger partial charge in [0.2, 0.25) is 5.91 Å². The molecule has 10 nitrogen and oxygen atoms in total. The van der Waals surface area contributed by atoms with Gasteiger partial charge >= 0.3 is 12.0 Å². The Balaban J connectivity index is 2.35. The van der Waals surface area contributed by atoms with Gasteiger partial charge < -0.3 is 20.6 Å². The molecule has 0 heterocycles. The van der Waals surface area contributed by atoms with Crippen LogP contribution in [0.15, 0.2) is 24.3 Å². The number of rotatable bonds is 8. The summed E-state index contributed by atoms with van der Waals surface area (Å²) in [6.45, 7) is 1.40. The summed E-state index contributed by atoms with van der Waals surface area (Å²) in [7, 11) is 1.46. The highest BCUT2D eigenvalue weighted by Gasteiger charge is 2.17. The predicted octanol–water partition coefficient (Wildman–Crippen LogP) is 0.573. The second kappa shape index (κ2) is 9.21. The van der Waals surface area contributed by atoms with E-state index in [-0.39, 0.29) is 25.3 Å². The number of nitrogens with zero attached hydrogens (tertiary/aromatic N) is 2. The molecule has 10 heteroatoms.